The SMILES string of the molecule is CN(CC1CC(Cl)C1)c1cnc2ccccc2n1. The van der Waals surface area contributed by atoms with Crippen molar-refractivity contribution in [2.24, 2.45) is 5.92 Å². The third-order valence-corrected chi connectivity index (χ3v) is 3.89. The zero-order valence-corrected chi connectivity index (χ0v) is 11.1. The molecule has 1 aliphatic carbocycles. The van der Waals surface area contributed by atoms with E-state index in [0.29, 0.717) is 11.3 Å². The van der Waals surface area contributed by atoms with Gasteiger partial charge in [0.1, 0.15) is 5.82 Å². The van der Waals surface area contributed by atoms with Gasteiger partial charge in [-0.1, -0.05) is 12.1 Å². The number of fused-ring (bicyclic) bond motifs is 1. The molecule has 2 aromatic rings. The van der Waals surface area contributed by atoms with E-state index in [9.17, 15) is 0 Å². The Balaban J connectivity index is 1.76. The van der Waals surface area contributed by atoms with Crippen molar-refractivity contribution in [2.75, 3.05) is 18.5 Å². The van der Waals surface area contributed by atoms with Crippen LogP contribution >= 0.6 is 11.6 Å². The molecule has 3 nitrogen and oxygen atoms in total. The van der Waals surface area contributed by atoms with Gasteiger partial charge in [0.05, 0.1) is 17.2 Å². The molecule has 0 aliphatic heterocycles. The molecule has 94 valence electrons. The third-order valence-electron chi connectivity index (χ3n) is 3.54. The summed E-state index contributed by atoms with van der Waals surface area (Å²) in [5.74, 6) is 1.64. The molecular weight excluding hydrogens is 246 g/mol. The highest BCUT2D eigenvalue weighted by Crippen LogP contribution is 2.32. The first-order valence-electron chi connectivity index (χ1n) is 6.29. The Morgan fingerprint density at radius 1 is 1.28 bits per heavy atom. The van der Waals surface area contributed by atoms with Crippen molar-refractivity contribution >= 4 is 28.5 Å². The summed E-state index contributed by atoms with van der Waals surface area (Å²) in [6.45, 7) is 1.01. The van der Waals surface area contributed by atoms with Crippen LogP contribution in [-0.2, 0) is 0 Å². The van der Waals surface area contributed by atoms with Gasteiger partial charge >= 0.3 is 0 Å². The van der Waals surface area contributed by atoms with E-state index in [0.717, 1.165) is 36.2 Å². The first kappa shape index (κ1) is 11.7. The van der Waals surface area contributed by atoms with Crippen LogP contribution in [0.5, 0.6) is 0 Å². The highest BCUT2D eigenvalue weighted by atomic mass is 35.5. The summed E-state index contributed by atoms with van der Waals surface area (Å²) < 4.78 is 0. The Morgan fingerprint density at radius 2 is 2.00 bits per heavy atom. The van der Waals surface area contributed by atoms with E-state index in [1.807, 2.05) is 30.5 Å². The first-order valence-corrected chi connectivity index (χ1v) is 6.73. The van der Waals surface area contributed by atoms with E-state index in [2.05, 4.69) is 21.9 Å². The van der Waals surface area contributed by atoms with Crippen LogP contribution in [0.15, 0.2) is 30.5 Å². The normalized spacial score (nSPS) is 22.8. The molecule has 1 aliphatic rings. The Kier molecular flexibility index (Phi) is 3.08. The average molecular weight is 262 g/mol. The Morgan fingerprint density at radius 3 is 2.72 bits per heavy atom. The molecule has 1 heterocycles. The quantitative estimate of drug-likeness (QED) is 0.795. The zero-order valence-electron chi connectivity index (χ0n) is 10.4. The van der Waals surface area contributed by atoms with E-state index in [1.54, 1.807) is 0 Å². The summed E-state index contributed by atoms with van der Waals surface area (Å²) in [6.07, 6.45) is 4.08. The monoisotopic (exact) mass is 261 g/mol. The van der Waals surface area contributed by atoms with Crippen LogP contribution < -0.4 is 4.90 Å². The van der Waals surface area contributed by atoms with Crippen molar-refractivity contribution in [2.45, 2.75) is 18.2 Å². The number of nitrogens with zero attached hydrogens (tertiary/aromatic N) is 3. The molecule has 0 N–H and O–H groups in total. The molecule has 0 atom stereocenters. The summed E-state index contributed by atoms with van der Waals surface area (Å²) in [5.41, 5.74) is 1.89. The molecule has 0 bridgehead atoms. The van der Waals surface area contributed by atoms with Crippen molar-refractivity contribution in [1.82, 2.24) is 9.97 Å². The zero-order chi connectivity index (χ0) is 12.5. The number of anilines is 1. The average Bonchev–Trinajstić information content (AvgIpc) is 2.36. The summed E-state index contributed by atoms with van der Waals surface area (Å²) in [7, 11) is 2.07. The predicted octanol–water partition coefficient (Wildman–Crippen LogP) is 3.08. The molecule has 1 fully saturated rings. The number of rotatable bonds is 3. The lowest BCUT2D eigenvalue weighted by Gasteiger charge is -2.34. The fraction of sp³-hybridized carbons (Fsp3) is 0.429. The highest BCUT2D eigenvalue weighted by molar-refractivity contribution is 6.21. The molecule has 0 spiro atoms. The van der Waals surface area contributed by atoms with Gasteiger partial charge in [-0.15, -0.1) is 11.6 Å². The summed E-state index contributed by atoms with van der Waals surface area (Å²) in [5, 5.41) is 0.381. The molecule has 0 amide bonds. The van der Waals surface area contributed by atoms with Gasteiger partial charge in [0.15, 0.2) is 0 Å². The third kappa shape index (κ3) is 2.27. The molecule has 3 rings (SSSR count). The summed E-state index contributed by atoms with van der Waals surface area (Å²) in [4.78, 5) is 11.2. The molecule has 0 saturated heterocycles. The van der Waals surface area contributed by atoms with Crippen molar-refractivity contribution in [3.8, 4) is 0 Å². The number of hydrogen-bond donors (Lipinski definition) is 0. The van der Waals surface area contributed by atoms with Gasteiger partial charge in [-0.05, 0) is 30.9 Å². The lowest BCUT2D eigenvalue weighted by atomic mass is 9.84. The largest absolute Gasteiger partial charge is 0.358 e. The van der Waals surface area contributed by atoms with Crippen molar-refractivity contribution in [1.29, 1.82) is 0 Å². The number of halogens is 1. The smallest absolute Gasteiger partial charge is 0.147 e. The van der Waals surface area contributed by atoms with Crippen molar-refractivity contribution < 1.29 is 0 Å². The number of benzene rings is 1. The molecule has 1 aromatic carbocycles. The number of para-hydroxylation sites is 2. The molecule has 4 heteroatoms. The van der Waals surface area contributed by atoms with Crippen LogP contribution in [0.4, 0.5) is 5.82 Å². The van der Waals surface area contributed by atoms with Gasteiger partial charge in [0, 0.05) is 19.0 Å². The maximum atomic E-state index is 6.00. The molecule has 1 aromatic heterocycles. The molecule has 18 heavy (non-hydrogen) atoms. The standard InChI is InChI=1S/C14H16ClN3/c1-18(9-10-6-11(15)7-10)14-8-16-12-4-2-3-5-13(12)17-14/h2-5,8,10-11H,6-7,9H2,1H3. The predicted molar refractivity (Wildman–Crippen MR) is 75.2 cm³/mol. The maximum absolute atomic E-state index is 6.00. The molecular formula is C14H16ClN3. The van der Waals surface area contributed by atoms with Crippen LogP contribution in [0.25, 0.3) is 11.0 Å². The number of aromatic nitrogens is 2. The van der Waals surface area contributed by atoms with E-state index in [-0.39, 0.29) is 0 Å². The van der Waals surface area contributed by atoms with E-state index in [4.69, 9.17) is 11.6 Å². The molecule has 1 saturated carbocycles. The van der Waals surface area contributed by atoms with Crippen molar-refractivity contribution in [3.63, 3.8) is 0 Å². The second-order valence-corrected chi connectivity index (χ2v) is 5.65. The van der Waals surface area contributed by atoms with Crippen LogP contribution in [0.2, 0.25) is 0 Å². The number of hydrogen-bond acceptors (Lipinski definition) is 3. The van der Waals surface area contributed by atoms with E-state index < -0.39 is 0 Å². The van der Waals surface area contributed by atoms with E-state index in [1.165, 1.54) is 0 Å². The minimum atomic E-state index is 0.381. The van der Waals surface area contributed by atoms with Crippen LogP contribution in [0.3, 0.4) is 0 Å². The van der Waals surface area contributed by atoms with Gasteiger partial charge in [0.25, 0.3) is 0 Å². The maximum Gasteiger partial charge on any atom is 0.147 e. The van der Waals surface area contributed by atoms with E-state index >= 15 is 0 Å². The Bertz CT molecular complexity index is 551. The first-order chi connectivity index (χ1) is 8.72. The fourth-order valence-electron chi connectivity index (χ4n) is 2.42. The fourth-order valence-corrected chi connectivity index (χ4v) is 2.92. The minimum absolute atomic E-state index is 0.381. The van der Waals surface area contributed by atoms with Gasteiger partial charge in [-0.25, -0.2) is 4.98 Å². The topological polar surface area (TPSA) is 29.0 Å². The minimum Gasteiger partial charge on any atom is -0.358 e. The van der Waals surface area contributed by atoms with Crippen LogP contribution in [-0.4, -0.2) is 28.9 Å². The van der Waals surface area contributed by atoms with Gasteiger partial charge in [-0.2, -0.15) is 0 Å². The Labute approximate surface area is 112 Å². The summed E-state index contributed by atoms with van der Waals surface area (Å²) in [6, 6.07) is 7.95. The second kappa shape index (κ2) is 4.73. The van der Waals surface area contributed by atoms with Crippen molar-refractivity contribution in [3.05, 3.63) is 30.5 Å². The Hall–Kier alpha value is -1.35. The molecule has 0 unspecified atom stereocenters. The van der Waals surface area contributed by atoms with Crippen LogP contribution in [0, 0.1) is 5.92 Å². The van der Waals surface area contributed by atoms with Gasteiger partial charge in [0.2, 0.25) is 0 Å². The van der Waals surface area contributed by atoms with Gasteiger partial charge in [-0.3, -0.25) is 4.98 Å². The lowest BCUT2D eigenvalue weighted by molar-refractivity contribution is 0.328. The lowest BCUT2D eigenvalue weighted by Crippen LogP contribution is -2.35. The van der Waals surface area contributed by atoms with Gasteiger partial charge < -0.3 is 4.90 Å². The van der Waals surface area contributed by atoms with Crippen LogP contribution in [0.1, 0.15) is 12.8 Å². The summed E-state index contributed by atoms with van der Waals surface area (Å²) >= 11 is 6.00. The highest BCUT2D eigenvalue weighted by Gasteiger charge is 2.28. The second-order valence-electron chi connectivity index (χ2n) is 5.03. The molecule has 0 radical (unpaired) electrons. The number of alkyl halides is 1.